The van der Waals surface area contributed by atoms with E-state index in [4.69, 9.17) is 10.5 Å². The van der Waals surface area contributed by atoms with Crippen LogP contribution < -0.4 is 16.0 Å². The molecule has 0 fully saturated rings. The molecule has 1 aromatic heterocycles. The Morgan fingerprint density at radius 1 is 1.08 bits per heavy atom. The number of nitrogens with two attached hydrogens (primary N) is 1. The van der Waals surface area contributed by atoms with E-state index in [-0.39, 0.29) is 18.8 Å². The maximum atomic E-state index is 13.4. The summed E-state index contributed by atoms with van der Waals surface area (Å²) >= 11 is 0. The van der Waals surface area contributed by atoms with Gasteiger partial charge in [0, 0.05) is 18.1 Å². The Hall–Kier alpha value is -4.12. The Morgan fingerprint density at radius 2 is 1.78 bits per heavy atom. The van der Waals surface area contributed by atoms with E-state index in [1.807, 2.05) is 0 Å². The Labute approximate surface area is 205 Å². The van der Waals surface area contributed by atoms with Gasteiger partial charge in [0.2, 0.25) is 5.91 Å². The van der Waals surface area contributed by atoms with Crippen molar-refractivity contribution in [3.8, 4) is 0 Å². The maximum absolute atomic E-state index is 13.4. The number of halogens is 2. The van der Waals surface area contributed by atoms with Crippen LogP contribution in [0.2, 0.25) is 0 Å². The van der Waals surface area contributed by atoms with Crippen molar-refractivity contribution in [1.29, 1.82) is 0 Å². The predicted molar refractivity (Wildman–Crippen MR) is 128 cm³/mol. The first-order valence-corrected chi connectivity index (χ1v) is 11.0. The summed E-state index contributed by atoms with van der Waals surface area (Å²) in [5.74, 6) is -2.60. The summed E-state index contributed by atoms with van der Waals surface area (Å²) in [6, 6.07) is 8.91. The second-order valence-corrected chi connectivity index (χ2v) is 9.07. The fourth-order valence-electron chi connectivity index (χ4n) is 3.40. The number of anilines is 1. The van der Waals surface area contributed by atoms with Gasteiger partial charge in [-0.1, -0.05) is 18.2 Å². The number of imide groups is 1. The number of amides is 3. The number of benzene rings is 2. The van der Waals surface area contributed by atoms with Gasteiger partial charge in [0.1, 0.15) is 5.60 Å². The number of rotatable bonds is 6. The lowest BCUT2D eigenvalue weighted by atomic mass is 10.1. The summed E-state index contributed by atoms with van der Waals surface area (Å²) in [6.07, 6.45) is -1.25. The summed E-state index contributed by atoms with van der Waals surface area (Å²) in [5.41, 5.74) is 6.05. The molecule has 0 unspecified atom stereocenters. The molecule has 0 aliphatic heterocycles. The van der Waals surface area contributed by atoms with Crippen LogP contribution >= 0.6 is 0 Å². The minimum Gasteiger partial charge on any atom is -0.464 e. The van der Waals surface area contributed by atoms with Gasteiger partial charge in [0.15, 0.2) is 17.5 Å². The summed E-state index contributed by atoms with van der Waals surface area (Å²) in [4.78, 5) is 41.2. The van der Waals surface area contributed by atoms with Crippen LogP contribution in [0.15, 0.2) is 48.7 Å². The lowest BCUT2D eigenvalue weighted by Gasteiger charge is -2.24. The molecule has 0 radical (unpaired) electrons. The fourth-order valence-corrected chi connectivity index (χ4v) is 3.40. The minimum atomic E-state index is -1.55. The van der Waals surface area contributed by atoms with Crippen LogP contribution in [-0.4, -0.2) is 39.8 Å². The normalized spacial score (nSPS) is 12.2. The maximum Gasteiger partial charge on any atom is 0.425 e. The van der Waals surface area contributed by atoms with Crippen LogP contribution in [0.25, 0.3) is 10.8 Å². The van der Waals surface area contributed by atoms with Crippen molar-refractivity contribution >= 4 is 34.7 Å². The Balaban J connectivity index is 1.74. The molecule has 0 spiro atoms. The van der Waals surface area contributed by atoms with Gasteiger partial charge < -0.3 is 20.9 Å². The Bertz CT molecular complexity index is 1310. The highest BCUT2D eigenvalue weighted by Crippen LogP contribution is 2.27. The first-order valence-electron chi connectivity index (χ1n) is 11.0. The summed E-state index contributed by atoms with van der Waals surface area (Å²) < 4.78 is 31.7. The third kappa shape index (κ3) is 6.51. The second kappa shape index (κ2) is 10.6. The third-order valence-electron chi connectivity index (χ3n) is 5.03. The van der Waals surface area contributed by atoms with Crippen LogP contribution in [0.1, 0.15) is 31.9 Å². The molecule has 36 heavy (non-hydrogen) atoms. The number of hydrogen-bond donors (Lipinski definition) is 3. The van der Waals surface area contributed by atoms with Crippen molar-refractivity contribution in [2.45, 2.75) is 45.4 Å². The highest BCUT2D eigenvalue weighted by atomic mass is 19.2. The molecular weight excluding hydrogens is 474 g/mol. The topological polar surface area (TPSA) is 135 Å². The summed E-state index contributed by atoms with van der Waals surface area (Å²) in [7, 11) is 0. The zero-order chi connectivity index (χ0) is 26.6. The molecule has 0 aliphatic rings. The van der Waals surface area contributed by atoms with E-state index in [1.54, 1.807) is 45.0 Å². The predicted octanol–water partition coefficient (Wildman–Crippen LogP) is 4.12. The molecule has 0 bridgehead atoms. The van der Waals surface area contributed by atoms with E-state index >= 15 is 0 Å². The van der Waals surface area contributed by atoms with Gasteiger partial charge in [-0.3, -0.25) is 4.79 Å². The Kier molecular flexibility index (Phi) is 7.83. The lowest BCUT2D eigenvalue weighted by Crippen LogP contribution is -2.41. The highest BCUT2D eigenvalue weighted by Gasteiger charge is 2.30. The van der Waals surface area contributed by atoms with Crippen LogP contribution in [0, 0.1) is 11.6 Å². The van der Waals surface area contributed by atoms with Gasteiger partial charge in [0.05, 0.1) is 6.04 Å². The van der Waals surface area contributed by atoms with E-state index in [0.29, 0.717) is 26.8 Å². The van der Waals surface area contributed by atoms with Crippen LogP contribution in [-0.2, 0) is 22.5 Å². The first-order chi connectivity index (χ1) is 16.9. The van der Waals surface area contributed by atoms with E-state index in [0.717, 1.165) is 12.1 Å². The average Bonchev–Trinajstić information content (AvgIpc) is 2.78. The van der Waals surface area contributed by atoms with Crippen molar-refractivity contribution < 1.29 is 33.0 Å². The number of fused-ring (bicyclic) bond motifs is 1. The molecule has 4 N–H and O–H groups in total. The molecule has 11 heteroatoms. The smallest absolute Gasteiger partial charge is 0.425 e. The molecule has 9 nitrogen and oxygen atoms in total. The summed E-state index contributed by atoms with van der Waals surface area (Å²) in [6.45, 7) is 4.95. The number of hydrogen-bond acceptors (Lipinski definition) is 6. The SMILES string of the molecule is CC(C)(C)OC(=O)N(C(=O)O)c1nccc2cc(CNC(=O)[C@@H](N)Cc3ccc(F)c(F)c3)ccc12. The van der Waals surface area contributed by atoms with E-state index in [1.165, 1.54) is 12.3 Å². The van der Waals surface area contributed by atoms with Crippen molar-refractivity contribution in [2.75, 3.05) is 4.90 Å². The monoisotopic (exact) mass is 500 g/mol. The number of nitrogens with one attached hydrogen (secondary N) is 1. The quantitative estimate of drug-likeness (QED) is 0.463. The van der Waals surface area contributed by atoms with E-state index < -0.39 is 41.4 Å². The van der Waals surface area contributed by atoms with Gasteiger partial charge in [0.25, 0.3) is 0 Å². The van der Waals surface area contributed by atoms with Crippen molar-refractivity contribution in [3.05, 3.63) is 71.4 Å². The number of ether oxygens (including phenoxy) is 1. The van der Waals surface area contributed by atoms with Gasteiger partial charge >= 0.3 is 12.2 Å². The number of carboxylic acid groups (broad SMARTS) is 1. The molecule has 3 amide bonds. The molecule has 0 aliphatic carbocycles. The molecule has 2 aromatic carbocycles. The summed E-state index contributed by atoms with van der Waals surface area (Å²) in [5, 5.41) is 13.3. The van der Waals surface area contributed by atoms with Gasteiger partial charge in [-0.25, -0.2) is 23.4 Å². The molecule has 0 saturated carbocycles. The van der Waals surface area contributed by atoms with Crippen molar-refractivity contribution in [2.24, 2.45) is 5.73 Å². The van der Waals surface area contributed by atoms with Crippen LogP contribution in [0.3, 0.4) is 0 Å². The van der Waals surface area contributed by atoms with Crippen molar-refractivity contribution in [1.82, 2.24) is 10.3 Å². The van der Waals surface area contributed by atoms with Gasteiger partial charge in [-0.05, 0) is 68.0 Å². The molecule has 190 valence electrons. The number of carbonyl (C=O) groups is 3. The second-order valence-electron chi connectivity index (χ2n) is 9.07. The van der Waals surface area contributed by atoms with Crippen LogP contribution in [0.5, 0.6) is 0 Å². The van der Waals surface area contributed by atoms with Crippen LogP contribution in [0.4, 0.5) is 24.2 Å². The highest BCUT2D eigenvalue weighted by molar-refractivity contribution is 6.13. The number of carbonyl (C=O) groups excluding carboxylic acids is 2. The Morgan fingerprint density at radius 3 is 2.42 bits per heavy atom. The molecule has 1 atom stereocenters. The van der Waals surface area contributed by atoms with E-state index in [2.05, 4.69) is 10.3 Å². The largest absolute Gasteiger partial charge is 0.464 e. The molecule has 3 rings (SSSR count). The first kappa shape index (κ1) is 26.5. The third-order valence-corrected chi connectivity index (χ3v) is 5.03. The van der Waals surface area contributed by atoms with E-state index in [9.17, 15) is 28.3 Å². The zero-order valence-corrected chi connectivity index (χ0v) is 19.9. The standard InChI is InChI=1S/C25H26F2N4O5/c1-25(2,3)36-24(35)31(23(33)34)21-17-6-4-15(10-16(17)8-9-29-21)13-30-22(32)20(28)12-14-5-7-18(26)19(27)11-14/h4-11,20H,12-13,28H2,1-3H3,(H,30,32)(H,33,34)/t20-/m0/s1. The van der Waals surface area contributed by atoms with Gasteiger partial charge in [-0.2, -0.15) is 4.90 Å². The zero-order valence-electron chi connectivity index (χ0n) is 19.9. The number of nitrogens with zero attached hydrogens (tertiary/aromatic N) is 2. The molecular formula is C25H26F2N4O5. The van der Waals surface area contributed by atoms with Gasteiger partial charge in [-0.15, -0.1) is 0 Å². The molecule has 3 aromatic rings. The molecule has 1 heterocycles. The van der Waals surface area contributed by atoms with Crippen molar-refractivity contribution in [3.63, 3.8) is 0 Å². The average molecular weight is 501 g/mol. The number of pyridine rings is 1. The number of aromatic nitrogens is 1. The fraction of sp³-hybridized carbons (Fsp3) is 0.280. The lowest BCUT2D eigenvalue weighted by molar-refractivity contribution is -0.122. The molecule has 0 saturated heterocycles. The minimum absolute atomic E-state index is 0.0193.